The Hall–Kier alpha value is -2.04. The van der Waals surface area contributed by atoms with Gasteiger partial charge >= 0.3 is 0 Å². The van der Waals surface area contributed by atoms with Gasteiger partial charge in [-0.2, -0.15) is 0 Å². The molecule has 0 aliphatic heterocycles. The Kier molecular flexibility index (Phi) is 2.44. The topological polar surface area (TPSA) is 27.6 Å². The third-order valence-corrected chi connectivity index (χ3v) is 3.22. The molecule has 0 aromatic heterocycles. The van der Waals surface area contributed by atoms with Crippen molar-refractivity contribution in [2.45, 2.75) is 12.5 Å². The maximum Gasteiger partial charge on any atom is 0.115 e. The monoisotopic (exact) mass is 220 g/mol. The van der Waals surface area contributed by atoms with Crippen molar-refractivity contribution in [1.29, 1.82) is 0 Å². The highest BCUT2D eigenvalue weighted by Crippen LogP contribution is 2.22. The lowest BCUT2D eigenvalue weighted by molar-refractivity contribution is -0.426. The fourth-order valence-electron chi connectivity index (χ4n) is 2.30. The fraction of sp³-hybridized carbons (Fsp3) is 0.125. The van der Waals surface area contributed by atoms with Gasteiger partial charge in [-0.15, -0.1) is 0 Å². The van der Waals surface area contributed by atoms with E-state index in [2.05, 4.69) is 54.0 Å². The third kappa shape index (κ3) is 1.84. The van der Waals surface area contributed by atoms with Crippen molar-refractivity contribution in [1.82, 2.24) is 0 Å². The molecule has 2 aromatic carbocycles. The van der Waals surface area contributed by atoms with Crippen molar-refractivity contribution < 1.29 is 5.73 Å². The Morgan fingerprint density at radius 3 is 2.41 bits per heavy atom. The van der Waals surface area contributed by atoms with Gasteiger partial charge in [-0.1, -0.05) is 48.2 Å². The highest BCUT2D eigenvalue weighted by molar-refractivity contribution is 5.51. The molecule has 3 rings (SSSR count). The molecule has 1 aliphatic carbocycles. The normalized spacial score (nSPS) is 16.9. The average molecular weight is 220 g/mol. The fourth-order valence-corrected chi connectivity index (χ4v) is 2.30. The predicted octanol–water partition coefficient (Wildman–Crippen LogP) is 1.93. The Morgan fingerprint density at radius 1 is 0.882 bits per heavy atom. The van der Waals surface area contributed by atoms with Crippen LogP contribution in [0, 0.1) is 11.8 Å². The summed E-state index contributed by atoms with van der Waals surface area (Å²) in [5, 5.41) is 0. The zero-order chi connectivity index (χ0) is 11.7. The van der Waals surface area contributed by atoms with Crippen LogP contribution in [0.5, 0.6) is 0 Å². The van der Waals surface area contributed by atoms with E-state index >= 15 is 0 Å². The molecule has 82 valence electrons. The molecule has 0 amide bonds. The minimum absolute atomic E-state index is 0.280. The van der Waals surface area contributed by atoms with Gasteiger partial charge in [0.05, 0.1) is 0 Å². The first kappa shape index (κ1) is 10.1. The Morgan fingerprint density at radius 2 is 1.53 bits per heavy atom. The number of fused-ring (bicyclic) bond motifs is 2. The van der Waals surface area contributed by atoms with Crippen LogP contribution in [0.25, 0.3) is 0 Å². The molecule has 1 heteroatoms. The van der Waals surface area contributed by atoms with Crippen LogP contribution in [0.2, 0.25) is 0 Å². The van der Waals surface area contributed by atoms with Gasteiger partial charge in [0, 0.05) is 23.1 Å². The van der Waals surface area contributed by atoms with Crippen LogP contribution in [0.4, 0.5) is 0 Å². The summed E-state index contributed by atoms with van der Waals surface area (Å²) >= 11 is 0. The molecule has 1 nitrogen and oxygen atoms in total. The first-order valence-electron chi connectivity index (χ1n) is 5.86. The van der Waals surface area contributed by atoms with E-state index in [9.17, 15) is 0 Å². The Balaban J connectivity index is 2.20. The van der Waals surface area contributed by atoms with Crippen molar-refractivity contribution in [2.75, 3.05) is 0 Å². The van der Waals surface area contributed by atoms with E-state index in [4.69, 9.17) is 0 Å². The van der Waals surface area contributed by atoms with E-state index in [-0.39, 0.29) is 6.04 Å². The molecule has 1 unspecified atom stereocenters. The number of quaternary nitrogens is 1. The molecular formula is C16H14N+. The minimum Gasteiger partial charge on any atom is -0.351 e. The van der Waals surface area contributed by atoms with E-state index in [0.717, 1.165) is 17.5 Å². The highest BCUT2D eigenvalue weighted by Gasteiger charge is 2.16. The number of hydrogen-bond acceptors (Lipinski definition) is 0. The molecule has 3 N–H and O–H groups in total. The van der Waals surface area contributed by atoms with Gasteiger partial charge in [0.15, 0.2) is 0 Å². The largest absolute Gasteiger partial charge is 0.351 e. The standard InChI is InChI=1S/C16H13N/c17-16-11-14-7-2-1-5-12(14)9-10-13-6-3-4-8-15(13)16/h1-8,16H,11,17H2/p+1. The van der Waals surface area contributed by atoms with Gasteiger partial charge < -0.3 is 5.73 Å². The molecule has 2 aromatic rings. The maximum absolute atomic E-state index is 4.27. The van der Waals surface area contributed by atoms with Crippen LogP contribution in [-0.4, -0.2) is 0 Å². The molecule has 0 fully saturated rings. The summed E-state index contributed by atoms with van der Waals surface area (Å²) in [5.41, 5.74) is 9.08. The minimum atomic E-state index is 0.280. The van der Waals surface area contributed by atoms with E-state index in [1.165, 1.54) is 11.1 Å². The van der Waals surface area contributed by atoms with Gasteiger partial charge in [-0.25, -0.2) is 0 Å². The first-order valence-corrected chi connectivity index (χ1v) is 5.86. The number of hydrogen-bond donors (Lipinski definition) is 1. The second kappa shape index (κ2) is 4.08. The molecule has 0 saturated carbocycles. The van der Waals surface area contributed by atoms with Gasteiger partial charge in [-0.3, -0.25) is 0 Å². The summed E-state index contributed by atoms with van der Waals surface area (Å²) in [5.74, 6) is 6.53. The number of benzene rings is 2. The summed E-state index contributed by atoms with van der Waals surface area (Å²) in [7, 11) is 0. The Labute approximate surface area is 101 Å². The van der Waals surface area contributed by atoms with Crippen LogP contribution < -0.4 is 5.73 Å². The molecule has 0 spiro atoms. The van der Waals surface area contributed by atoms with Crippen molar-refractivity contribution in [3.8, 4) is 11.8 Å². The molecule has 1 aliphatic rings. The van der Waals surface area contributed by atoms with E-state index in [1.807, 2.05) is 12.1 Å². The van der Waals surface area contributed by atoms with Crippen molar-refractivity contribution >= 4 is 0 Å². The van der Waals surface area contributed by atoms with Crippen LogP contribution in [0.1, 0.15) is 28.3 Å². The van der Waals surface area contributed by atoms with E-state index < -0.39 is 0 Å². The van der Waals surface area contributed by atoms with E-state index in [0.29, 0.717) is 0 Å². The molecule has 0 heterocycles. The van der Waals surface area contributed by atoms with Gasteiger partial charge in [0.1, 0.15) is 6.04 Å². The van der Waals surface area contributed by atoms with Crippen molar-refractivity contribution in [3.63, 3.8) is 0 Å². The summed E-state index contributed by atoms with van der Waals surface area (Å²) < 4.78 is 0. The molecule has 0 saturated heterocycles. The third-order valence-electron chi connectivity index (χ3n) is 3.22. The van der Waals surface area contributed by atoms with Gasteiger partial charge in [0.2, 0.25) is 0 Å². The maximum atomic E-state index is 4.27. The van der Waals surface area contributed by atoms with Crippen LogP contribution >= 0.6 is 0 Å². The summed E-state index contributed by atoms with van der Waals surface area (Å²) in [4.78, 5) is 0. The number of rotatable bonds is 0. The molecule has 17 heavy (non-hydrogen) atoms. The van der Waals surface area contributed by atoms with Crippen molar-refractivity contribution in [2.24, 2.45) is 0 Å². The van der Waals surface area contributed by atoms with Gasteiger partial charge in [-0.05, 0) is 17.7 Å². The zero-order valence-corrected chi connectivity index (χ0v) is 9.61. The second-order valence-corrected chi connectivity index (χ2v) is 4.40. The lowest BCUT2D eigenvalue weighted by Crippen LogP contribution is -2.54. The molecule has 1 atom stereocenters. The van der Waals surface area contributed by atoms with Crippen LogP contribution in [-0.2, 0) is 6.42 Å². The Bertz CT molecular complexity index is 617. The highest BCUT2D eigenvalue weighted by atomic mass is 14.6. The summed E-state index contributed by atoms with van der Waals surface area (Å²) in [6, 6.07) is 16.9. The average Bonchev–Trinajstić information content (AvgIpc) is 2.36. The van der Waals surface area contributed by atoms with Crippen LogP contribution in [0.15, 0.2) is 48.5 Å². The molecule has 0 bridgehead atoms. The smallest absolute Gasteiger partial charge is 0.115 e. The first-order chi connectivity index (χ1) is 8.34. The summed E-state index contributed by atoms with van der Waals surface area (Å²) in [6.07, 6.45) is 0.960. The second-order valence-electron chi connectivity index (χ2n) is 4.40. The van der Waals surface area contributed by atoms with E-state index in [1.54, 1.807) is 0 Å². The lowest BCUT2D eigenvalue weighted by atomic mass is 9.91. The zero-order valence-electron chi connectivity index (χ0n) is 9.61. The molecule has 0 radical (unpaired) electrons. The molecular weight excluding hydrogens is 206 g/mol. The predicted molar refractivity (Wildman–Crippen MR) is 68.2 cm³/mol. The SMILES string of the molecule is [NH3+]C1Cc2ccccc2C#Cc2ccccc21. The quantitative estimate of drug-likeness (QED) is 0.657. The van der Waals surface area contributed by atoms with Gasteiger partial charge in [0.25, 0.3) is 0 Å². The van der Waals surface area contributed by atoms with Crippen LogP contribution in [0.3, 0.4) is 0 Å². The lowest BCUT2D eigenvalue weighted by Gasteiger charge is -2.14. The summed E-state index contributed by atoms with van der Waals surface area (Å²) in [6.45, 7) is 0. The van der Waals surface area contributed by atoms with Crippen molar-refractivity contribution in [3.05, 3.63) is 70.8 Å².